The van der Waals surface area contributed by atoms with Crippen molar-refractivity contribution in [3.05, 3.63) is 48.3 Å². The molecule has 4 heteroatoms. The van der Waals surface area contributed by atoms with Crippen molar-refractivity contribution in [2.75, 3.05) is 19.5 Å². The highest BCUT2D eigenvalue weighted by molar-refractivity contribution is 7.99. The fourth-order valence-electron chi connectivity index (χ4n) is 2.02. The molecule has 1 aliphatic heterocycles. The average Bonchev–Trinajstić information content (AvgIpc) is 3.09. The van der Waals surface area contributed by atoms with Gasteiger partial charge in [0.05, 0.1) is 13.7 Å². The van der Waals surface area contributed by atoms with Crippen LogP contribution in [-0.4, -0.2) is 24.0 Å². The van der Waals surface area contributed by atoms with Crippen LogP contribution in [0.3, 0.4) is 0 Å². The second-order valence-corrected chi connectivity index (χ2v) is 5.29. The topological polar surface area (TPSA) is 23.4 Å². The summed E-state index contributed by atoms with van der Waals surface area (Å²) in [6.07, 6.45) is 4.20. The molecule has 1 aromatic carbocycles. The van der Waals surface area contributed by atoms with Gasteiger partial charge in [-0.05, 0) is 30.3 Å². The van der Waals surface area contributed by atoms with Crippen LogP contribution >= 0.6 is 11.8 Å². The normalized spacial score (nSPS) is 19.1. The zero-order chi connectivity index (χ0) is 12.4. The summed E-state index contributed by atoms with van der Waals surface area (Å²) in [6, 6.07) is 10.1. The van der Waals surface area contributed by atoms with Crippen LogP contribution < -0.4 is 4.74 Å². The molecule has 0 amide bonds. The molecule has 3 rings (SSSR count). The van der Waals surface area contributed by atoms with E-state index in [0.717, 1.165) is 23.8 Å². The summed E-state index contributed by atoms with van der Waals surface area (Å²) in [5.41, 5.74) is 2.56. The second-order valence-electron chi connectivity index (χ2n) is 4.12. The fourth-order valence-corrected chi connectivity index (χ4v) is 2.95. The number of aromatic nitrogens is 1. The Bertz CT molecular complexity index is 515. The molecule has 18 heavy (non-hydrogen) atoms. The minimum atomic E-state index is 0.199. The number of methoxy groups -OCH3 is 1. The number of rotatable bonds is 3. The predicted octanol–water partition coefficient (Wildman–Crippen LogP) is 3.25. The van der Waals surface area contributed by atoms with Crippen LogP contribution in [0, 0.1) is 0 Å². The molecule has 0 spiro atoms. The fraction of sp³-hybridized carbons (Fsp3) is 0.286. The molecule has 0 saturated carbocycles. The highest BCUT2D eigenvalue weighted by Gasteiger charge is 2.19. The Kier molecular flexibility index (Phi) is 3.30. The second kappa shape index (κ2) is 5.08. The summed E-state index contributed by atoms with van der Waals surface area (Å²) < 4.78 is 12.9. The maximum atomic E-state index is 5.65. The first-order valence-corrected chi connectivity index (χ1v) is 6.97. The highest BCUT2D eigenvalue weighted by Crippen LogP contribution is 2.35. The van der Waals surface area contributed by atoms with Crippen LogP contribution in [-0.2, 0) is 4.74 Å². The summed E-state index contributed by atoms with van der Waals surface area (Å²) >= 11 is 1.85. The van der Waals surface area contributed by atoms with Gasteiger partial charge in [0.15, 0.2) is 0 Å². The molecule has 0 radical (unpaired) electrons. The summed E-state index contributed by atoms with van der Waals surface area (Å²) in [6.45, 7) is 0.850. The van der Waals surface area contributed by atoms with Gasteiger partial charge >= 0.3 is 0 Å². The van der Waals surface area contributed by atoms with Gasteiger partial charge in [0.25, 0.3) is 0 Å². The Labute approximate surface area is 111 Å². The van der Waals surface area contributed by atoms with Crippen molar-refractivity contribution in [2.24, 2.45) is 0 Å². The van der Waals surface area contributed by atoms with Gasteiger partial charge in [0.1, 0.15) is 11.2 Å². The maximum absolute atomic E-state index is 5.65. The van der Waals surface area contributed by atoms with E-state index in [-0.39, 0.29) is 5.44 Å². The van der Waals surface area contributed by atoms with E-state index in [9.17, 15) is 0 Å². The van der Waals surface area contributed by atoms with Crippen molar-refractivity contribution in [3.8, 4) is 11.4 Å². The molecule has 2 heterocycles. The number of hydrogen-bond acceptors (Lipinski definition) is 3. The van der Waals surface area contributed by atoms with Gasteiger partial charge in [-0.15, -0.1) is 11.8 Å². The van der Waals surface area contributed by atoms with Crippen molar-refractivity contribution >= 4 is 11.8 Å². The van der Waals surface area contributed by atoms with Gasteiger partial charge in [-0.2, -0.15) is 0 Å². The summed E-state index contributed by atoms with van der Waals surface area (Å²) in [5.74, 6) is 1.96. The number of thioether (sulfide) groups is 1. The summed E-state index contributed by atoms with van der Waals surface area (Å²) in [7, 11) is 1.68. The van der Waals surface area contributed by atoms with Crippen molar-refractivity contribution in [2.45, 2.75) is 5.44 Å². The first-order chi connectivity index (χ1) is 8.86. The molecule has 2 aromatic rings. The molecule has 0 N–H and O–H groups in total. The van der Waals surface area contributed by atoms with Crippen molar-refractivity contribution < 1.29 is 9.47 Å². The Morgan fingerprint density at radius 2 is 2.11 bits per heavy atom. The third-order valence-corrected chi connectivity index (χ3v) is 4.09. The van der Waals surface area contributed by atoms with Crippen LogP contribution in [0.5, 0.6) is 5.75 Å². The monoisotopic (exact) mass is 261 g/mol. The van der Waals surface area contributed by atoms with Gasteiger partial charge < -0.3 is 14.0 Å². The Hall–Kier alpha value is -1.39. The highest BCUT2D eigenvalue weighted by atomic mass is 32.2. The van der Waals surface area contributed by atoms with Crippen LogP contribution in [0.4, 0.5) is 0 Å². The number of nitrogens with zero attached hydrogens (tertiary/aromatic N) is 1. The van der Waals surface area contributed by atoms with E-state index >= 15 is 0 Å². The summed E-state index contributed by atoms with van der Waals surface area (Å²) in [5, 5.41) is 0. The van der Waals surface area contributed by atoms with Crippen molar-refractivity contribution in [1.82, 2.24) is 4.57 Å². The van der Waals surface area contributed by atoms with E-state index in [1.165, 1.54) is 5.56 Å². The SMILES string of the molecule is COc1ccc(-n2ccc([C@@H]3OCCS3)c2)cc1. The van der Waals surface area contributed by atoms with Crippen molar-refractivity contribution in [3.63, 3.8) is 0 Å². The molecule has 1 aromatic heterocycles. The summed E-state index contributed by atoms with van der Waals surface area (Å²) in [4.78, 5) is 0. The Morgan fingerprint density at radius 1 is 1.28 bits per heavy atom. The van der Waals surface area contributed by atoms with Crippen LogP contribution in [0.1, 0.15) is 11.0 Å². The Balaban J connectivity index is 1.82. The molecular weight excluding hydrogens is 246 g/mol. The third-order valence-electron chi connectivity index (χ3n) is 2.98. The number of ether oxygens (including phenoxy) is 2. The predicted molar refractivity (Wildman–Crippen MR) is 73.5 cm³/mol. The standard InChI is InChI=1S/C14H15NO2S/c1-16-13-4-2-12(3-5-13)15-7-6-11(10-15)14-17-8-9-18-14/h2-7,10,14H,8-9H2,1H3/t14-/m1/s1. The average molecular weight is 261 g/mol. The smallest absolute Gasteiger partial charge is 0.130 e. The maximum Gasteiger partial charge on any atom is 0.130 e. The lowest BCUT2D eigenvalue weighted by Crippen LogP contribution is -1.93. The van der Waals surface area contributed by atoms with Gasteiger partial charge in [-0.1, -0.05) is 0 Å². The van der Waals surface area contributed by atoms with E-state index < -0.39 is 0 Å². The molecule has 0 aliphatic carbocycles. The zero-order valence-electron chi connectivity index (χ0n) is 10.2. The molecule has 3 nitrogen and oxygen atoms in total. The molecule has 1 saturated heterocycles. The van der Waals surface area contributed by atoms with Gasteiger partial charge in [-0.3, -0.25) is 0 Å². The first-order valence-electron chi connectivity index (χ1n) is 5.92. The van der Waals surface area contributed by atoms with Crippen LogP contribution in [0.25, 0.3) is 5.69 Å². The van der Waals surface area contributed by atoms with Gasteiger partial charge in [-0.25, -0.2) is 0 Å². The molecule has 1 aliphatic rings. The van der Waals surface area contributed by atoms with E-state index in [4.69, 9.17) is 9.47 Å². The van der Waals surface area contributed by atoms with E-state index in [2.05, 4.69) is 23.0 Å². The van der Waals surface area contributed by atoms with E-state index in [1.807, 2.05) is 36.0 Å². The lowest BCUT2D eigenvalue weighted by Gasteiger charge is -2.06. The molecule has 1 atom stereocenters. The minimum absolute atomic E-state index is 0.199. The lowest BCUT2D eigenvalue weighted by molar-refractivity contribution is 0.145. The van der Waals surface area contributed by atoms with Gasteiger partial charge in [0, 0.05) is 29.4 Å². The van der Waals surface area contributed by atoms with Crippen LogP contribution in [0.15, 0.2) is 42.7 Å². The van der Waals surface area contributed by atoms with Crippen molar-refractivity contribution in [1.29, 1.82) is 0 Å². The number of hydrogen-bond donors (Lipinski definition) is 0. The third kappa shape index (κ3) is 2.26. The molecule has 1 fully saturated rings. The quantitative estimate of drug-likeness (QED) is 0.847. The zero-order valence-corrected chi connectivity index (χ0v) is 11.0. The van der Waals surface area contributed by atoms with Crippen LogP contribution in [0.2, 0.25) is 0 Å². The van der Waals surface area contributed by atoms with Gasteiger partial charge in [0.2, 0.25) is 0 Å². The molecular formula is C14H15NO2S. The largest absolute Gasteiger partial charge is 0.497 e. The molecule has 0 unspecified atom stereocenters. The minimum Gasteiger partial charge on any atom is -0.497 e. The Morgan fingerprint density at radius 3 is 2.78 bits per heavy atom. The molecule has 0 bridgehead atoms. The molecule has 94 valence electrons. The van der Waals surface area contributed by atoms with E-state index in [1.54, 1.807) is 7.11 Å². The number of benzene rings is 1. The lowest BCUT2D eigenvalue weighted by atomic mass is 10.3. The first kappa shape index (κ1) is 11.7. The van der Waals surface area contributed by atoms with E-state index in [0.29, 0.717) is 0 Å².